The molecule has 0 bridgehead atoms. The molecule has 1 rings (SSSR count). The number of unbranched alkanes of at least 4 members (excludes halogenated alkanes) is 2. The smallest absolute Gasteiger partial charge is 0.360 e. The van der Waals surface area contributed by atoms with Crippen molar-refractivity contribution in [2.75, 3.05) is 13.7 Å². The lowest BCUT2D eigenvalue weighted by atomic mass is 10.2. The molecule has 1 aromatic heterocycles. The number of hydrogen-bond donors (Lipinski definition) is 1. The summed E-state index contributed by atoms with van der Waals surface area (Å²) in [7, 11) is 1.30. The zero-order chi connectivity index (χ0) is 15.8. The average molecular weight is 296 g/mol. The molecule has 0 aromatic carbocycles. The molecule has 118 valence electrons. The Hall–Kier alpha value is -1.92. The fourth-order valence-electron chi connectivity index (χ4n) is 2.05. The van der Waals surface area contributed by atoms with Crippen LogP contribution in [0.25, 0.3) is 0 Å². The lowest BCUT2D eigenvalue weighted by molar-refractivity contribution is -0.124. The van der Waals surface area contributed by atoms with Gasteiger partial charge in [0.1, 0.15) is 6.04 Å². The monoisotopic (exact) mass is 296 g/mol. The third kappa shape index (κ3) is 4.27. The highest BCUT2D eigenvalue weighted by Crippen LogP contribution is 2.14. The van der Waals surface area contributed by atoms with Gasteiger partial charge in [-0.1, -0.05) is 31.9 Å². The van der Waals surface area contributed by atoms with E-state index in [9.17, 15) is 9.59 Å². The van der Waals surface area contributed by atoms with E-state index in [1.165, 1.54) is 11.8 Å². The zero-order valence-corrected chi connectivity index (χ0v) is 13.2. The van der Waals surface area contributed by atoms with Gasteiger partial charge >= 0.3 is 5.97 Å². The highest BCUT2D eigenvalue weighted by Gasteiger charge is 2.24. The van der Waals surface area contributed by atoms with Crippen LogP contribution in [0.1, 0.15) is 62.3 Å². The Morgan fingerprint density at radius 3 is 2.62 bits per heavy atom. The van der Waals surface area contributed by atoms with Crippen molar-refractivity contribution in [1.29, 1.82) is 0 Å². The lowest BCUT2D eigenvalue weighted by Crippen LogP contribution is -2.33. The fourth-order valence-corrected chi connectivity index (χ4v) is 2.05. The van der Waals surface area contributed by atoms with E-state index < -0.39 is 12.0 Å². The van der Waals surface area contributed by atoms with E-state index >= 15 is 0 Å². The van der Waals surface area contributed by atoms with Crippen LogP contribution in [0.4, 0.5) is 0 Å². The standard InChI is InChI=1S/C14H24N4O3/c1-5-7-8-9-15-13(19)10(3)18-11(6-2)12(16-17-18)14(20)21-4/h10H,5-9H2,1-4H3,(H,15,19). The van der Waals surface area contributed by atoms with Gasteiger partial charge in [-0.3, -0.25) is 4.79 Å². The first kappa shape index (κ1) is 17.1. The number of nitrogens with one attached hydrogen (secondary N) is 1. The second-order valence-corrected chi connectivity index (χ2v) is 4.85. The Labute approximate surface area is 125 Å². The van der Waals surface area contributed by atoms with E-state index in [0.29, 0.717) is 18.7 Å². The predicted octanol–water partition coefficient (Wildman–Crippen LogP) is 1.49. The van der Waals surface area contributed by atoms with E-state index in [4.69, 9.17) is 0 Å². The molecule has 1 atom stereocenters. The Morgan fingerprint density at radius 1 is 1.33 bits per heavy atom. The van der Waals surface area contributed by atoms with Crippen LogP contribution in [0.15, 0.2) is 0 Å². The second kappa shape index (κ2) is 8.39. The lowest BCUT2D eigenvalue weighted by Gasteiger charge is -2.14. The summed E-state index contributed by atoms with van der Waals surface area (Å²) >= 11 is 0. The topological polar surface area (TPSA) is 86.1 Å². The molecular formula is C14H24N4O3. The van der Waals surface area contributed by atoms with Gasteiger partial charge in [-0.2, -0.15) is 0 Å². The maximum Gasteiger partial charge on any atom is 0.360 e. The summed E-state index contributed by atoms with van der Waals surface area (Å²) in [5.74, 6) is -0.657. The summed E-state index contributed by atoms with van der Waals surface area (Å²) < 4.78 is 6.16. The van der Waals surface area contributed by atoms with Gasteiger partial charge in [0.15, 0.2) is 5.69 Å². The molecule has 7 heteroatoms. The van der Waals surface area contributed by atoms with Crippen molar-refractivity contribution < 1.29 is 14.3 Å². The van der Waals surface area contributed by atoms with E-state index in [-0.39, 0.29) is 11.6 Å². The van der Waals surface area contributed by atoms with Crippen LogP contribution < -0.4 is 5.32 Å². The van der Waals surface area contributed by atoms with Crippen molar-refractivity contribution in [1.82, 2.24) is 20.3 Å². The first-order valence-corrected chi connectivity index (χ1v) is 7.36. The third-order valence-electron chi connectivity index (χ3n) is 3.33. The minimum Gasteiger partial charge on any atom is -0.464 e. The molecule has 0 aliphatic rings. The Bertz CT molecular complexity index is 485. The molecule has 1 amide bonds. The van der Waals surface area contributed by atoms with Crippen LogP contribution in [0.5, 0.6) is 0 Å². The highest BCUT2D eigenvalue weighted by molar-refractivity contribution is 5.88. The van der Waals surface area contributed by atoms with Crippen molar-refractivity contribution in [3.8, 4) is 0 Å². The minimum atomic E-state index is -0.534. The summed E-state index contributed by atoms with van der Waals surface area (Å²) in [5.41, 5.74) is 0.781. The van der Waals surface area contributed by atoms with Crippen LogP contribution in [0.3, 0.4) is 0 Å². The van der Waals surface area contributed by atoms with Gasteiger partial charge in [-0.25, -0.2) is 9.48 Å². The number of aromatic nitrogens is 3. The number of esters is 1. The molecule has 1 heterocycles. The van der Waals surface area contributed by atoms with E-state index in [1.807, 2.05) is 6.92 Å². The Balaban J connectivity index is 2.77. The number of nitrogens with zero attached hydrogens (tertiary/aromatic N) is 3. The number of methoxy groups -OCH3 is 1. The maximum absolute atomic E-state index is 12.1. The number of carbonyl (C=O) groups is 2. The summed E-state index contributed by atoms with van der Waals surface area (Å²) in [6, 6.07) is -0.507. The number of amides is 1. The van der Waals surface area contributed by atoms with E-state index in [0.717, 1.165) is 19.3 Å². The maximum atomic E-state index is 12.1. The molecule has 1 unspecified atom stereocenters. The predicted molar refractivity (Wildman–Crippen MR) is 78.0 cm³/mol. The van der Waals surface area contributed by atoms with Gasteiger partial charge < -0.3 is 10.1 Å². The van der Waals surface area contributed by atoms with Crippen LogP contribution in [0, 0.1) is 0 Å². The van der Waals surface area contributed by atoms with Gasteiger partial charge in [0.25, 0.3) is 0 Å². The van der Waals surface area contributed by atoms with Crippen LogP contribution in [-0.4, -0.2) is 40.5 Å². The molecule has 0 saturated carbocycles. The summed E-state index contributed by atoms with van der Waals surface area (Å²) in [6.07, 6.45) is 3.70. The van der Waals surface area contributed by atoms with Crippen LogP contribution in [0.2, 0.25) is 0 Å². The van der Waals surface area contributed by atoms with Gasteiger partial charge in [-0.05, 0) is 19.8 Å². The Morgan fingerprint density at radius 2 is 2.05 bits per heavy atom. The first-order chi connectivity index (χ1) is 10.1. The minimum absolute atomic E-state index is 0.123. The summed E-state index contributed by atoms with van der Waals surface area (Å²) in [5, 5.41) is 10.6. The van der Waals surface area contributed by atoms with E-state index in [1.54, 1.807) is 6.92 Å². The molecule has 1 aromatic rings. The van der Waals surface area contributed by atoms with Gasteiger partial charge in [0.05, 0.1) is 12.8 Å². The second-order valence-electron chi connectivity index (χ2n) is 4.85. The summed E-state index contributed by atoms with van der Waals surface area (Å²) in [4.78, 5) is 23.7. The Kier molecular flexibility index (Phi) is 6.84. The average Bonchev–Trinajstić information content (AvgIpc) is 2.93. The molecule has 0 aliphatic carbocycles. The molecule has 0 fully saturated rings. The van der Waals surface area contributed by atoms with Gasteiger partial charge in [0.2, 0.25) is 5.91 Å². The van der Waals surface area contributed by atoms with E-state index in [2.05, 4.69) is 27.3 Å². The van der Waals surface area contributed by atoms with Crippen LogP contribution in [-0.2, 0) is 16.0 Å². The largest absolute Gasteiger partial charge is 0.464 e. The number of rotatable bonds is 8. The molecule has 7 nitrogen and oxygen atoms in total. The van der Waals surface area contributed by atoms with Crippen LogP contribution >= 0.6 is 0 Å². The quantitative estimate of drug-likeness (QED) is 0.580. The van der Waals surface area contributed by atoms with Gasteiger partial charge in [-0.15, -0.1) is 5.10 Å². The number of carbonyl (C=O) groups excluding carboxylic acids is 2. The SMILES string of the molecule is CCCCCNC(=O)C(C)n1nnc(C(=O)OC)c1CC. The number of hydrogen-bond acceptors (Lipinski definition) is 5. The van der Waals surface area contributed by atoms with Crippen molar-refractivity contribution in [2.45, 2.75) is 52.5 Å². The normalized spacial score (nSPS) is 12.0. The molecule has 1 N–H and O–H groups in total. The molecule has 21 heavy (non-hydrogen) atoms. The molecular weight excluding hydrogens is 272 g/mol. The third-order valence-corrected chi connectivity index (χ3v) is 3.33. The fraction of sp³-hybridized carbons (Fsp3) is 0.714. The molecule has 0 spiro atoms. The highest BCUT2D eigenvalue weighted by atomic mass is 16.5. The van der Waals surface area contributed by atoms with Crippen molar-refractivity contribution in [2.24, 2.45) is 0 Å². The van der Waals surface area contributed by atoms with Gasteiger partial charge in [0, 0.05) is 6.54 Å². The molecule has 0 aliphatic heterocycles. The van der Waals surface area contributed by atoms with Crippen molar-refractivity contribution >= 4 is 11.9 Å². The number of ether oxygens (including phenoxy) is 1. The zero-order valence-electron chi connectivity index (χ0n) is 13.2. The van der Waals surface area contributed by atoms with Crippen molar-refractivity contribution in [3.05, 3.63) is 11.4 Å². The van der Waals surface area contributed by atoms with Crippen molar-refractivity contribution in [3.63, 3.8) is 0 Å². The summed E-state index contributed by atoms with van der Waals surface area (Å²) in [6.45, 7) is 6.39. The first-order valence-electron chi connectivity index (χ1n) is 7.36. The molecule has 0 radical (unpaired) electrons. The molecule has 0 saturated heterocycles.